The maximum absolute atomic E-state index is 15.2. The molecule has 0 spiro atoms. The van der Waals surface area contributed by atoms with E-state index in [2.05, 4.69) is 0 Å². The zero-order valence-electron chi connectivity index (χ0n) is 25.7. The molecule has 1 heterocycles. The number of halogens is 4. The second-order valence-corrected chi connectivity index (χ2v) is 11.4. The Balaban J connectivity index is 1.59. The summed E-state index contributed by atoms with van der Waals surface area (Å²) < 4.78 is 58.0. The van der Waals surface area contributed by atoms with Crippen molar-refractivity contribution in [3.63, 3.8) is 0 Å². The quantitative estimate of drug-likeness (QED) is 0.222. The molecule has 4 amide bonds. The number of amides is 4. The van der Waals surface area contributed by atoms with Gasteiger partial charge in [0.2, 0.25) is 12.8 Å². The lowest BCUT2D eigenvalue weighted by molar-refractivity contribution is -0.119. The van der Waals surface area contributed by atoms with Crippen LogP contribution >= 0.6 is 11.6 Å². The minimum Gasteiger partial charge on any atom is -0.493 e. The first kappa shape index (κ1) is 34.7. The van der Waals surface area contributed by atoms with Crippen LogP contribution in [0.25, 0.3) is 0 Å². The first-order valence-corrected chi connectivity index (χ1v) is 15.3. The van der Waals surface area contributed by atoms with Gasteiger partial charge in [-0.3, -0.25) is 19.4 Å². The summed E-state index contributed by atoms with van der Waals surface area (Å²) in [6, 6.07) is 6.16. The molecule has 4 rings (SSSR count). The van der Waals surface area contributed by atoms with Crippen molar-refractivity contribution >= 4 is 36.1 Å². The lowest BCUT2D eigenvalue weighted by Crippen LogP contribution is -2.52. The number of anilines is 1. The third-order valence-electron chi connectivity index (χ3n) is 7.89. The molecule has 2 aromatic carbocycles. The van der Waals surface area contributed by atoms with Gasteiger partial charge in [0, 0.05) is 35.8 Å². The maximum Gasteiger partial charge on any atom is 0.331 e. The number of benzene rings is 2. The van der Waals surface area contributed by atoms with Crippen LogP contribution in [0.2, 0.25) is 0 Å². The number of aryl methyl sites for hydroxylation is 1. The van der Waals surface area contributed by atoms with E-state index in [1.807, 2.05) is 12.2 Å². The molecule has 13 heteroatoms. The highest BCUT2D eigenvalue weighted by atomic mass is 35.5. The zero-order chi connectivity index (χ0) is 33.2. The van der Waals surface area contributed by atoms with Gasteiger partial charge in [0.05, 0.1) is 19.3 Å². The third kappa shape index (κ3) is 8.34. The highest BCUT2D eigenvalue weighted by molar-refractivity contribution is 6.32. The Morgan fingerprint density at radius 2 is 1.78 bits per heavy atom. The van der Waals surface area contributed by atoms with E-state index in [4.69, 9.17) is 25.8 Å². The third-order valence-corrected chi connectivity index (χ3v) is 8.29. The Kier molecular flexibility index (Phi) is 12.4. The second kappa shape index (κ2) is 16.4. The topological polar surface area (TPSA) is 88.6 Å². The van der Waals surface area contributed by atoms with E-state index in [1.165, 1.54) is 18.1 Å². The fourth-order valence-corrected chi connectivity index (χ4v) is 5.62. The summed E-state index contributed by atoms with van der Waals surface area (Å²) in [7, 11) is 1.48. The molecule has 2 aromatic rings. The van der Waals surface area contributed by atoms with Crippen LogP contribution in [0, 0.1) is 12.7 Å². The average Bonchev–Trinajstić information content (AvgIpc) is 3.08. The number of carbonyl (C=O) groups is 3. The SMILES string of the molecule is COc1cc(CN(C=O)C(=O)N(c2cc(F)c(OC(CF)CF)cc2C)C2CCN(C=O)CC2)ccc1OCC1=CCCC=C1Cl. The molecule has 0 bridgehead atoms. The predicted molar refractivity (Wildman–Crippen MR) is 167 cm³/mol. The number of hydrogen-bond acceptors (Lipinski definition) is 6. The number of piperidine rings is 1. The highest BCUT2D eigenvalue weighted by Gasteiger charge is 2.34. The molecule has 1 fully saturated rings. The van der Waals surface area contributed by atoms with Gasteiger partial charge in [-0.25, -0.2) is 18.0 Å². The predicted octanol–water partition coefficient (Wildman–Crippen LogP) is 6.26. The average molecular weight is 664 g/mol. The second-order valence-electron chi connectivity index (χ2n) is 11.0. The fraction of sp³-hybridized carbons (Fsp3) is 0.424. The summed E-state index contributed by atoms with van der Waals surface area (Å²) in [6.45, 7) is 0.117. The normalized spacial score (nSPS) is 15.2. The van der Waals surface area contributed by atoms with Gasteiger partial charge < -0.3 is 19.1 Å². The van der Waals surface area contributed by atoms with Crippen molar-refractivity contribution in [2.45, 2.75) is 51.3 Å². The number of alkyl halides is 2. The van der Waals surface area contributed by atoms with E-state index in [0.717, 1.165) is 35.8 Å². The molecule has 0 atom stereocenters. The van der Waals surface area contributed by atoms with Gasteiger partial charge in [0.25, 0.3) is 0 Å². The first-order chi connectivity index (χ1) is 22.2. The van der Waals surface area contributed by atoms with Gasteiger partial charge in [-0.05, 0) is 61.9 Å². The first-order valence-electron chi connectivity index (χ1n) is 14.9. The number of likely N-dealkylation sites (tertiary alicyclic amines) is 1. The molecule has 46 heavy (non-hydrogen) atoms. The Morgan fingerprint density at radius 3 is 2.41 bits per heavy atom. The monoisotopic (exact) mass is 663 g/mol. The van der Waals surface area contributed by atoms with E-state index in [-0.39, 0.29) is 24.6 Å². The van der Waals surface area contributed by atoms with Crippen molar-refractivity contribution in [2.24, 2.45) is 0 Å². The molecule has 0 N–H and O–H groups in total. The maximum atomic E-state index is 15.2. The Hall–Kier alpha value is -4.19. The van der Waals surface area contributed by atoms with Gasteiger partial charge >= 0.3 is 6.03 Å². The molecule has 248 valence electrons. The fourth-order valence-electron chi connectivity index (χ4n) is 5.38. The number of rotatable bonds is 14. The van der Waals surface area contributed by atoms with Crippen molar-refractivity contribution in [1.82, 2.24) is 9.80 Å². The van der Waals surface area contributed by atoms with E-state index in [0.29, 0.717) is 60.0 Å². The van der Waals surface area contributed by atoms with E-state index in [9.17, 15) is 23.2 Å². The van der Waals surface area contributed by atoms with Gasteiger partial charge in [-0.15, -0.1) is 0 Å². The molecule has 0 aromatic heterocycles. The van der Waals surface area contributed by atoms with Crippen molar-refractivity contribution in [3.8, 4) is 17.2 Å². The summed E-state index contributed by atoms with van der Waals surface area (Å²) in [5.74, 6) is -0.441. The largest absolute Gasteiger partial charge is 0.493 e. The minimum atomic E-state index is -1.47. The summed E-state index contributed by atoms with van der Waals surface area (Å²) in [6.07, 6.45) is 6.10. The molecule has 0 radical (unpaired) electrons. The van der Waals surface area contributed by atoms with Crippen LogP contribution in [0.1, 0.15) is 36.8 Å². The zero-order valence-corrected chi connectivity index (χ0v) is 26.5. The lowest BCUT2D eigenvalue weighted by atomic mass is 10.0. The number of allylic oxidation sites excluding steroid dienone is 2. The van der Waals surface area contributed by atoms with Crippen LogP contribution in [0.5, 0.6) is 17.2 Å². The molecule has 1 aliphatic heterocycles. The molecule has 2 aliphatic rings. The van der Waals surface area contributed by atoms with E-state index in [1.54, 1.807) is 30.0 Å². The summed E-state index contributed by atoms with van der Waals surface area (Å²) in [5, 5.41) is 0.643. The number of carbonyl (C=O) groups excluding carboxylic acids is 3. The van der Waals surface area contributed by atoms with Crippen molar-refractivity contribution in [1.29, 1.82) is 0 Å². The molecule has 0 saturated carbocycles. The van der Waals surface area contributed by atoms with Gasteiger partial charge in [0.15, 0.2) is 29.2 Å². The van der Waals surface area contributed by atoms with E-state index < -0.39 is 37.3 Å². The Labute approximate surface area is 271 Å². The van der Waals surface area contributed by atoms with Gasteiger partial charge in [0.1, 0.15) is 20.0 Å². The van der Waals surface area contributed by atoms with Crippen LogP contribution in [0.3, 0.4) is 0 Å². The van der Waals surface area contributed by atoms with E-state index >= 15 is 4.39 Å². The number of methoxy groups -OCH3 is 1. The van der Waals surface area contributed by atoms with Crippen LogP contribution in [0.15, 0.2) is 53.1 Å². The number of hydrogen-bond donors (Lipinski definition) is 0. The standard InChI is InChI=1S/C33H37ClF3N3O6/c1-22-13-31(46-26(16-35)17-36)28(37)15-29(22)40(25-9-11-38(20-41)12-10-25)33(43)39(21-42)18-23-7-8-30(32(14-23)44-2)45-19-24-5-3-4-6-27(24)34/h5-8,13-15,20-21,25-26H,3-4,9-12,16-19H2,1-2H3. The summed E-state index contributed by atoms with van der Waals surface area (Å²) in [4.78, 5) is 41.6. The van der Waals surface area contributed by atoms with Crippen LogP contribution in [-0.4, -0.2) is 81.0 Å². The number of ether oxygens (including phenoxy) is 3. The minimum absolute atomic E-state index is 0.139. The summed E-state index contributed by atoms with van der Waals surface area (Å²) >= 11 is 6.28. The molecular formula is C33H37ClF3N3O6. The Morgan fingerprint density at radius 1 is 1.07 bits per heavy atom. The molecule has 1 aliphatic carbocycles. The number of imide groups is 1. The molecule has 0 unspecified atom stereocenters. The van der Waals surface area contributed by atoms with Crippen LogP contribution < -0.4 is 19.1 Å². The molecule has 1 saturated heterocycles. The Bertz CT molecular complexity index is 1460. The number of urea groups is 1. The lowest BCUT2D eigenvalue weighted by Gasteiger charge is -2.39. The van der Waals surface area contributed by atoms with Gasteiger partial charge in [-0.1, -0.05) is 29.8 Å². The molecular weight excluding hydrogens is 627 g/mol. The van der Waals surface area contributed by atoms with Crippen LogP contribution in [-0.2, 0) is 16.1 Å². The molecule has 9 nitrogen and oxygen atoms in total. The summed E-state index contributed by atoms with van der Waals surface area (Å²) in [5.41, 5.74) is 1.97. The smallest absolute Gasteiger partial charge is 0.331 e. The van der Waals surface area contributed by atoms with Crippen molar-refractivity contribution < 1.29 is 41.8 Å². The van der Waals surface area contributed by atoms with Crippen molar-refractivity contribution in [2.75, 3.05) is 45.1 Å². The van der Waals surface area contributed by atoms with Crippen LogP contribution in [0.4, 0.5) is 23.7 Å². The van der Waals surface area contributed by atoms with Gasteiger partial charge in [-0.2, -0.15) is 0 Å². The highest BCUT2D eigenvalue weighted by Crippen LogP contribution is 2.34. The number of nitrogens with zero attached hydrogens (tertiary/aromatic N) is 3. The van der Waals surface area contributed by atoms with Crippen molar-refractivity contribution in [3.05, 3.63) is 70.0 Å².